The highest BCUT2D eigenvalue weighted by Gasteiger charge is 2.35. The number of rotatable bonds is 12. The molecule has 4 aliphatic heterocycles. The fourth-order valence-electron chi connectivity index (χ4n) is 10.1. The van der Waals surface area contributed by atoms with Crippen LogP contribution < -0.4 is 20.3 Å². The Morgan fingerprint density at radius 1 is 0.912 bits per heavy atom. The second-order valence-electron chi connectivity index (χ2n) is 19.0. The Labute approximate surface area is 395 Å². The fourth-order valence-corrected chi connectivity index (χ4v) is 10.1. The van der Waals surface area contributed by atoms with Gasteiger partial charge in [-0.3, -0.25) is 24.7 Å². The van der Waals surface area contributed by atoms with Crippen LogP contribution in [0.1, 0.15) is 73.9 Å². The SMILES string of the molecule is COc1ccc(C(=O)N2CCC(OC3CCN(Cc4ccc(-c5cc6c(-c7cc(F)cc(NC(=O)N8C[C@H](CC(C)C)[C@@H](O)C8)c7C)ncnc6[nH]5)cc4)CC3)CC2)cc1N1CCC(=O)NC1=O. The number of amides is 6. The third-order valence-corrected chi connectivity index (χ3v) is 13.9. The van der Waals surface area contributed by atoms with Gasteiger partial charge in [0.1, 0.15) is 23.5 Å². The lowest BCUT2D eigenvalue weighted by atomic mass is 9.95. The molecule has 17 heteroatoms. The van der Waals surface area contributed by atoms with Gasteiger partial charge >= 0.3 is 12.1 Å². The highest BCUT2D eigenvalue weighted by Crippen LogP contribution is 2.36. The maximum Gasteiger partial charge on any atom is 0.328 e. The predicted molar refractivity (Wildman–Crippen MR) is 256 cm³/mol. The third kappa shape index (κ3) is 10.2. The minimum Gasteiger partial charge on any atom is -0.495 e. The number of carbonyl (C=O) groups excluding carboxylic acids is 4. The minimum atomic E-state index is -0.588. The first kappa shape index (κ1) is 46.7. The Bertz CT molecular complexity index is 2680. The average Bonchev–Trinajstić information content (AvgIpc) is 3.94. The van der Waals surface area contributed by atoms with E-state index in [1.165, 1.54) is 36.0 Å². The molecule has 0 radical (unpaired) electrons. The van der Waals surface area contributed by atoms with Gasteiger partial charge in [0.25, 0.3) is 5.91 Å². The molecule has 0 bridgehead atoms. The van der Waals surface area contributed by atoms with E-state index in [1.807, 2.05) is 17.9 Å². The smallest absolute Gasteiger partial charge is 0.328 e. The summed E-state index contributed by atoms with van der Waals surface area (Å²) in [6.45, 7) is 10.7. The number of hydrogen-bond donors (Lipinski definition) is 4. The number of halogens is 1. The van der Waals surface area contributed by atoms with Crippen molar-refractivity contribution >= 4 is 46.3 Å². The second-order valence-corrected chi connectivity index (χ2v) is 19.0. The number of anilines is 2. The number of aromatic nitrogens is 3. The number of imide groups is 1. The lowest BCUT2D eigenvalue weighted by Crippen LogP contribution is -2.49. The number of aromatic amines is 1. The zero-order chi connectivity index (χ0) is 47.6. The van der Waals surface area contributed by atoms with Crippen LogP contribution >= 0.6 is 0 Å². The van der Waals surface area contributed by atoms with E-state index >= 15 is 4.39 Å². The van der Waals surface area contributed by atoms with Gasteiger partial charge in [0, 0.05) is 92.6 Å². The molecule has 4 saturated heterocycles. The number of aliphatic hydroxyl groups is 1. The van der Waals surface area contributed by atoms with Crippen LogP contribution in [0.2, 0.25) is 0 Å². The van der Waals surface area contributed by atoms with Gasteiger partial charge in [-0.2, -0.15) is 0 Å². The molecule has 0 saturated carbocycles. The summed E-state index contributed by atoms with van der Waals surface area (Å²) in [6.07, 6.45) is 5.46. The molecule has 2 aromatic heterocycles. The van der Waals surface area contributed by atoms with Crippen molar-refractivity contribution in [1.29, 1.82) is 0 Å². The van der Waals surface area contributed by atoms with E-state index in [2.05, 4.69) is 68.6 Å². The van der Waals surface area contributed by atoms with Crippen molar-refractivity contribution < 1.29 is 38.1 Å². The van der Waals surface area contributed by atoms with E-state index in [-0.39, 0.29) is 55.5 Å². The van der Waals surface area contributed by atoms with Crippen molar-refractivity contribution in [2.75, 3.05) is 63.1 Å². The molecule has 2 atom stereocenters. The molecule has 6 amide bonds. The third-order valence-electron chi connectivity index (χ3n) is 13.9. The van der Waals surface area contributed by atoms with Gasteiger partial charge < -0.3 is 34.7 Å². The summed E-state index contributed by atoms with van der Waals surface area (Å²) in [5.41, 5.74) is 6.68. The monoisotopic (exact) mass is 929 g/mol. The van der Waals surface area contributed by atoms with Crippen molar-refractivity contribution in [2.45, 2.75) is 84.2 Å². The molecule has 5 aromatic rings. The molecule has 6 heterocycles. The van der Waals surface area contributed by atoms with Crippen LogP contribution in [-0.4, -0.2) is 130 Å². The fraction of sp³-hybridized carbons (Fsp3) is 0.451. The molecule has 0 spiro atoms. The number of methoxy groups -OCH3 is 1. The summed E-state index contributed by atoms with van der Waals surface area (Å²) in [6, 6.07) is 17.4. The number of H-pyrrole nitrogens is 1. The van der Waals surface area contributed by atoms with Gasteiger partial charge in [0.05, 0.1) is 36.8 Å². The molecule has 68 heavy (non-hydrogen) atoms. The number of nitrogens with one attached hydrogen (secondary N) is 3. The van der Waals surface area contributed by atoms with Gasteiger partial charge in [-0.25, -0.2) is 23.9 Å². The number of benzene rings is 3. The van der Waals surface area contributed by atoms with Crippen LogP contribution in [0.15, 0.2) is 67.0 Å². The Morgan fingerprint density at radius 3 is 2.35 bits per heavy atom. The number of β-amino-alcohol motifs (C(OH)–C–C–N with tert-alkyl or cyclic N) is 1. The maximum atomic E-state index is 15.2. The molecule has 358 valence electrons. The predicted octanol–water partition coefficient (Wildman–Crippen LogP) is 7.35. The highest BCUT2D eigenvalue weighted by atomic mass is 19.1. The zero-order valence-corrected chi connectivity index (χ0v) is 39.1. The van der Waals surface area contributed by atoms with E-state index in [9.17, 15) is 24.3 Å². The van der Waals surface area contributed by atoms with Gasteiger partial charge in [-0.15, -0.1) is 0 Å². The molecule has 9 rings (SSSR count). The average molecular weight is 930 g/mol. The van der Waals surface area contributed by atoms with E-state index in [0.717, 1.165) is 68.4 Å². The summed E-state index contributed by atoms with van der Waals surface area (Å²) in [5.74, 6) is -0.0859. The summed E-state index contributed by atoms with van der Waals surface area (Å²) < 4.78 is 27.3. The molecule has 4 aliphatic rings. The number of ether oxygens (including phenoxy) is 2. The number of fused-ring (bicyclic) bond motifs is 1. The molecular formula is C51H60FN9O7. The molecular weight excluding hydrogens is 870 g/mol. The van der Waals surface area contributed by atoms with Crippen molar-refractivity contribution in [3.63, 3.8) is 0 Å². The van der Waals surface area contributed by atoms with Gasteiger partial charge in [0.15, 0.2) is 0 Å². The minimum absolute atomic E-state index is 0.00710. The van der Waals surface area contributed by atoms with Crippen molar-refractivity contribution in [3.05, 3.63) is 89.5 Å². The number of aliphatic hydroxyl groups excluding tert-OH is 1. The number of piperidine rings is 2. The summed E-state index contributed by atoms with van der Waals surface area (Å²) in [7, 11) is 1.51. The standard InChI is InChI=1S/C51H60FN9O7/c1-30(2)21-35-27-60(28-44(35)62)50(65)56-41-24-36(52)23-39(31(41)3)47-40-25-42(55-48(40)54-29-53-47)33-7-5-32(6-8-33)26-58-16-11-37(12-17-58)68-38-13-18-59(19-14-38)49(64)34-9-10-45(67-4)43(22-34)61-20-15-46(63)57-51(61)66/h5-10,22-25,29-30,35,37-38,44,62H,11-21,26-28H2,1-4H3,(H,56,65)(H,53,54,55)(H,57,63,66)/t35-,44-/m0/s1. The van der Waals surface area contributed by atoms with E-state index in [4.69, 9.17) is 9.47 Å². The van der Waals surface area contributed by atoms with Crippen molar-refractivity contribution in [1.82, 2.24) is 35.0 Å². The summed E-state index contributed by atoms with van der Waals surface area (Å²) in [5, 5.41) is 16.5. The summed E-state index contributed by atoms with van der Waals surface area (Å²) >= 11 is 0. The molecule has 4 fully saturated rings. The Hall–Kier alpha value is -6.43. The number of likely N-dealkylation sites (tertiary alicyclic amines) is 3. The van der Waals surface area contributed by atoms with Crippen LogP contribution in [0.5, 0.6) is 5.75 Å². The van der Waals surface area contributed by atoms with E-state index < -0.39 is 18.0 Å². The van der Waals surface area contributed by atoms with Gasteiger partial charge in [0.2, 0.25) is 5.91 Å². The number of nitrogens with zero attached hydrogens (tertiary/aromatic N) is 6. The molecule has 3 aromatic carbocycles. The van der Waals surface area contributed by atoms with Gasteiger partial charge in [-0.1, -0.05) is 38.1 Å². The van der Waals surface area contributed by atoms with Crippen LogP contribution in [0.25, 0.3) is 33.5 Å². The molecule has 16 nitrogen and oxygen atoms in total. The van der Waals surface area contributed by atoms with Crippen LogP contribution in [0, 0.1) is 24.6 Å². The Balaban J connectivity index is 0.764. The lowest BCUT2D eigenvalue weighted by molar-refractivity contribution is -0.120. The highest BCUT2D eigenvalue weighted by molar-refractivity contribution is 6.07. The second kappa shape index (κ2) is 20.0. The topological polar surface area (TPSA) is 186 Å². The largest absolute Gasteiger partial charge is 0.495 e. The molecule has 0 unspecified atom stereocenters. The molecule has 4 N–H and O–H groups in total. The summed E-state index contributed by atoms with van der Waals surface area (Å²) in [4.78, 5) is 71.0. The van der Waals surface area contributed by atoms with Crippen molar-refractivity contribution in [3.8, 4) is 28.3 Å². The number of carbonyl (C=O) groups is 4. The van der Waals surface area contributed by atoms with Crippen LogP contribution in [-0.2, 0) is 16.1 Å². The maximum absolute atomic E-state index is 15.2. The van der Waals surface area contributed by atoms with E-state index in [0.29, 0.717) is 70.7 Å². The normalized spacial score (nSPS) is 19.8. The number of hydrogen-bond acceptors (Lipinski definition) is 10. The first-order valence-electron chi connectivity index (χ1n) is 23.7. The first-order chi connectivity index (χ1) is 32.8. The number of urea groups is 2. The first-order valence-corrected chi connectivity index (χ1v) is 23.7. The quantitative estimate of drug-likeness (QED) is 0.0987. The molecule has 0 aliphatic carbocycles. The Morgan fingerprint density at radius 2 is 1.65 bits per heavy atom. The van der Waals surface area contributed by atoms with Crippen LogP contribution in [0.4, 0.5) is 25.4 Å². The van der Waals surface area contributed by atoms with Crippen molar-refractivity contribution in [2.24, 2.45) is 11.8 Å². The zero-order valence-electron chi connectivity index (χ0n) is 39.1. The van der Waals surface area contributed by atoms with Crippen LogP contribution in [0.3, 0.4) is 0 Å². The Kier molecular flexibility index (Phi) is 13.8. The lowest BCUT2D eigenvalue weighted by Gasteiger charge is -2.37. The van der Waals surface area contributed by atoms with E-state index in [1.54, 1.807) is 23.1 Å². The van der Waals surface area contributed by atoms with Gasteiger partial charge in [-0.05, 0) is 98.0 Å².